The van der Waals surface area contributed by atoms with Crippen LogP contribution in [-0.2, 0) is 36.4 Å². The molecule has 0 aliphatic heterocycles. The maximum atomic E-state index is 4.88. The van der Waals surface area contributed by atoms with E-state index in [-0.39, 0.29) is 36.4 Å². The monoisotopic (exact) mass is 1360 g/mol. The second-order valence-corrected chi connectivity index (χ2v) is 25.4. The van der Waals surface area contributed by atoms with Crippen LogP contribution in [0.3, 0.4) is 0 Å². The van der Waals surface area contributed by atoms with Crippen molar-refractivity contribution < 1.29 is 20.1 Å². The first kappa shape index (κ1) is 57.1. The number of hydrogen-bond acceptors (Lipinski definition) is 3. The van der Waals surface area contributed by atoms with Crippen LogP contribution in [0.25, 0.3) is 112 Å². The summed E-state index contributed by atoms with van der Waals surface area (Å²) in [4.78, 5) is 14.5. The van der Waals surface area contributed by atoms with Gasteiger partial charge in [0, 0.05) is 18.6 Å². The second-order valence-electron chi connectivity index (χ2n) is 23.7. The molecule has 0 radical (unpaired) electrons. The van der Waals surface area contributed by atoms with Crippen molar-refractivity contribution in [3.63, 3.8) is 0 Å². The standard InChI is InChI=1S/C75H62Br2N3.Ir/c1-73(2,3)55-33-36-78-70(45-55)49-27-30-64(67(42-49)48-19-11-10-12-20-48)61-24-16-13-21-58(61)52-39-53(59-22-14-17-25-62(59)65-31-28-50(43-68(65)76)71-46-56(34-37-79-71)74(4,5)6)41-54(40-52)60-23-15-18-26-63(60)66-32-29-51(44-69(66)77)72-47-57(35-38-80-72)75(7,8)9;/h10-26,30-47H,1-9H3;/q-3;+3. The number of aromatic nitrogens is 3. The Labute approximate surface area is 509 Å². The van der Waals surface area contributed by atoms with E-state index in [4.69, 9.17) is 15.0 Å². The molecule has 0 N–H and O–H groups in total. The van der Waals surface area contributed by atoms with E-state index in [1.54, 1.807) is 0 Å². The molecule has 0 aliphatic carbocycles. The van der Waals surface area contributed by atoms with Gasteiger partial charge in [0.2, 0.25) is 0 Å². The van der Waals surface area contributed by atoms with Crippen molar-refractivity contribution in [3.05, 3.63) is 257 Å². The first-order chi connectivity index (χ1) is 38.4. The van der Waals surface area contributed by atoms with E-state index >= 15 is 0 Å². The molecule has 0 bridgehead atoms. The SMILES string of the molecule is CC(C)(C)c1ccnc(-c2[c-]cc(-c3ccccc3-c3cc(-c4ccccc4-c4c[c-]c(-c5cc(C(C)(C)C)ccn5)cc4Br)cc(-c4ccccc4-c4c[c-]c(-c5cc(C(C)(C)C)ccn5)cc4-c4ccccc4)c3)c(Br)c2)c1.[Ir+3]. The Bertz CT molecular complexity index is 3940. The fourth-order valence-electron chi connectivity index (χ4n) is 10.5. The molecule has 8 aromatic carbocycles. The van der Waals surface area contributed by atoms with Crippen LogP contribution >= 0.6 is 31.9 Å². The van der Waals surface area contributed by atoms with Crippen LogP contribution in [0, 0.1) is 18.2 Å². The smallest absolute Gasteiger partial charge is 0.305 e. The third-order valence-electron chi connectivity index (χ3n) is 15.1. The third-order valence-corrected chi connectivity index (χ3v) is 16.4. The van der Waals surface area contributed by atoms with Gasteiger partial charge in [-0.05, 0) is 125 Å². The average Bonchev–Trinajstić information content (AvgIpc) is 3.46. The zero-order valence-electron chi connectivity index (χ0n) is 47.1. The topological polar surface area (TPSA) is 38.7 Å². The zero-order chi connectivity index (χ0) is 55.9. The van der Waals surface area contributed by atoms with Gasteiger partial charge in [-0.25, -0.2) is 0 Å². The molecule has 0 saturated carbocycles. The fraction of sp³-hybridized carbons (Fsp3) is 0.160. The number of rotatable bonds is 10. The Balaban J connectivity index is 0.00000736. The van der Waals surface area contributed by atoms with Gasteiger partial charge in [-0.2, -0.15) is 0 Å². The maximum absolute atomic E-state index is 4.88. The molecular formula is C75H62Br2IrN3. The fourth-order valence-corrected chi connectivity index (χ4v) is 11.6. The van der Waals surface area contributed by atoms with Gasteiger partial charge >= 0.3 is 20.1 Å². The Morgan fingerprint density at radius 2 is 0.605 bits per heavy atom. The minimum Gasteiger partial charge on any atom is -0.305 e. The predicted molar refractivity (Wildman–Crippen MR) is 342 cm³/mol. The van der Waals surface area contributed by atoms with Gasteiger partial charge in [0.25, 0.3) is 0 Å². The molecule has 0 amide bonds. The zero-order valence-corrected chi connectivity index (χ0v) is 52.7. The first-order valence-electron chi connectivity index (χ1n) is 27.3. The molecule has 0 unspecified atom stereocenters. The first-order valence-corrected chi connectivity index (χ1v) is 28.8. The summed E-state index contributed by atoms with van der Waals surface area (Å²) in [7, 11) is 0. The van der Waals surface area contributed by atoms with Crippen LogP contribution in [0.5, 0.6) is 0 Å². The van der Waals surface area contributed by atoms with E-state index in [0.29, 0.717) is 0 Å². The maximum Gasteiger partial charge on any atom is 3.00 e. The predicted octanol–water partition coefficient (Wildman–Crippen LogP) is 21.4. The van der Waals surface area contributed by atoms with Gasteiger partial charge in [-0.15, -0.1) is 71.3 Å². The van der Waals surface area contributed by atoms with Gasteiger partial charge in [-0.1, -0.05) is 263 Å². The van der Waals surface area contributed by atoms with E-state index in [9.17, 15) is 0 Å². The summed E-state index contributed by atoms with van der Waals surface area (Å²) in [5.41, 5.74) is 24.3. The molecule has 3 nitrogen and oxygen atoms in total. The van der Waals surface area contributed by atoms with Crippen molar-refractivity contribution >= 4 is 31.9 Å². The van der Waals surface area contributed by atoms with Gasteiger partial charge in [0.15, 0.2) is 0 Å². The van der Waals surface area contributed by atoms with Gasteiger partial charge < -0.3 is 15.0 Å². The number of pyridine rings is 3. The summed E-state index contributed by atoms with van der Waals surface area (Å²) in [5, 5.41) is 0. The van der Waals surface area contributed by atoms with E-state index in [1.807, 2.05) is 18.6 Å². The largest absolute Gasteiger partial charge is 3.00 e. The van der Waals surface area contributed by atoms with Crippen molar-refractivity contribution in [2.24, 2.45) is 0 Å². The number of halogens is 2. The molecule has 81 heavy (non-hydrogen) atoms. The average molecular weight is 1360 g/mol. The molecule has 3 aromatic heterocycles. The van der Waals surface area contributed by atoms with Crippen LogP contribution in [-0.4, -0.2) is 15.0 Å². The summed E-state index contributed by atoms with van der Waals surface area (Å²) in [6.07, 6.45) is 5.72. The third kappa shape index (κ3) is 12.2. The molecule has 400 valence electrons. The Morgan fingerprint density at radius 1 is 0.296 bits per heavy atom. The minimum absolute atomic E-state index is 0. The second kappa shape index (κ2) is 23.4. The van der Waals surface area contributed by atoms with Crippen LogP contribution in [0.15, 0.2) is 222 Å². The van der Waals surface area contributed by atoms with E-state index < -0.39 is 0 Å². The Kier molecular flexibility index (Phi) is 16.5. The van der Waals surface area contributed by atoms with Gasteiger partial charge in [0.1, 0.15) is 0 Å². The molecule has 0 saturated heterocycles. The minimum atomic E-state index is -0.0277. The molecule has 11 rings (SSSR count). The quantitative estimate of drug-likeness (QED) is 0.128. The van der Waals surface area contributed by atoms with Crippen molar-refractivity contribution in [2.45, 2.75) is 78.6 Å². The number of benzene rings is 8. The normalized spacial score (nSPS) is 11.8. The molecule has 3 heterocycles. The van der Waals surface area contributed by atoms with Gasteiger partial charge in [-0.3, -0.25) is 0 Å². The van der Waals surface area contributed by atoms with Crippen molar-refractivity contribution in [1.29, 1.82) is 0 Å². The van der Waals surface area contributed by atoms with Crippen LogP contribution < -0.4 is 0 Å². The van der Waals surface area contributed by atoms with Crippen LogP contribution in [0.2, 0.25) is 0 Å². The summed E-state index contributed by atoms with van der Waals surface area (Å²) >= 11 is 8.10. The van der Waals surface area contributed by atoms with Crippen molar-refractivity contribution in [3.8, 4) is 112 Å². The molecule has 0 fully saturated rings. The molecule has 0 aliphatic rings. The summed E-state index contributed by atoms with van der Waals surface area (Å²) < 4.78 is 1.93. The Hall–Kier alpha value is -7.18. The summed E-state index contributed by atoms with van der Waals surface area (Å²) in [6, 6.07) is 80.8. The molecule has 0 spiro atoms. The molecular weight excluding hydrogens is 1290 g/mol. The molecule has 11 aromatic rings. The number of nitrogens with zero attached hydrogens (tertiary/aromatic N) is 3. The van der Waals surface area contributed by atoms with Crippen molar-refractivity contribution in [1.82, 2.24) is 15.0 Å². The number of hydrogen-bond donors (Lipinski definition) is 0. The van der Waals surface area contributed by atoms with Crippen LogP contribution in [0.1, 0.15) is 79.0 Å². The van der Waals surface area contributed by atoms with E-state index in [0.717, 1.165) is 121 Å². The molecule has 6 heteroatoms. The van der Waals surface area contributed by atoms with Gasteiger partial charge in [0.05, 0.1) is 0 Å². The summed E-state index contributed by atoms with van der Waals surface area (Å²) in [5.74, 6) is 0. The van der Waals surface area contributed by atoms with Crippen molar-refractivity contribution in [2.75, 3.05) is 0 Å². The van der Waals surface area contributed by atoms with E-state index in [2.05, 4.69) is 306 Å². The molecule has 0 atom stereocenters. The van der Waals surface area contributed by atoms with Crippen LogP contribution in [0.4, 0.5) is 0 Å². The summed E-state index contributed by atoms with van der Waals surface area (Å²) in [6.45, 7) is 20.1. The van der Waals surface area contributed by atoms with E-state index in [1.165, 1.54) is 16.7 Å². The Morgan fingerprint density at radius 3 is 0.951 bits per heavy atom.